The molecule has 1 aliphatic heterocycles. The molecule has 0 aromatic carbocycles. The van der Waals surface area contributed by atoms with Gasteiger partial charge in [-0.1, -0.05) is 0 Å². The summed E-state index contributed by atoms with van der Waals surface area (Å²) in [5, 5.41) is 26.8. The van der Waals surface area contributed by atoms with Crippen LogP contribution in [0, 0.1) is 25.1 Å². The van der Waals surface area contributed by atoms with Crippen LogP contribution in [-0.4, -0.2) is 54.5 Å². The van der Waals surface area contributed by atoms with Gasteiger partial charge in [0, 0.05) is 36.5 Å². The number of amides is 1. The first-order valence-corrected chi connectivity index (χ1v) is 11.0. The lowest BCUT2D eigenvalue weighted by Gasteiger charge is -2.42. The van der Waals surface area contributed by atoms with Crippen LogP contribution in [0.5, 0.6) is 0 Å². The highest BCUT2D eigenvalue weighted by molar-refractivity contribution is 5.76. The van der Waals surface area contributed by atoms with E-state index in [1.165, 1.54) is 4.90 Å². The molecule has 1 amide bonds. The van der Waals surface area contributed by atoms with E-state index in [0.29, 0.717) is 17.1 Å². The third-order valence-corrected chi connectivity index (χ3v) is 6.23. The standard InChI is InChI=1S/C23H32FN5O4/c1-13-9-16(12-23(20(30)31)7-8-28(21(32)33)15(3)11-23)25-19(18(13)24)26-17-10-14(2)29(27-17)22(4,5)6/h9-10,15H,7-8,11-12H2,1-6H3,(H,30,31)(H,32,33)(H,25,26,27). The molecule has 33 heavy (non-hydrogen) atoms. The number of rotatable bonds is 5. The molecule has 0 spiro atoms. The van der Waals surface area contributed by atoms with E-state index in [1.54, 1.807) is 26.0 Å². The van der Waals surface area contributed by atoms with Crippen LogP contribution in [0.25, 0.3) is 0 Å². The fourth-order valence-electron chi connectivity index (χ4n) is 4.63. The van der Waals surface area contributed by atoms with Crippen molar-refractivity contribution < 1.29 is 24.2 Å². The highest BCUT2D eigenvalue weighted by atomic mass is 19.1. The maximum absolute atomic E-state index is 14.9. The van der Waals surface area contributed by atoms with E-state index in [9.17, 15) is 24.2 Å². The highest BCUT2D eigenvalue weighted by Crippen LogP contribution is 2.39. The fourth-order valence-corrected chi connectivity index (χ4v) is 4.63. The van der Waals surface area contributed by atoms with Gasteiger partial charge in [-0.3, -0.25) is 9.48 Å². The van der Waals surface area contributed by atoms with Crippen molar-refractivity contribution in [3.63, 3.8) is 0 Å². The van der Waals surface area contributed by atoms with Crippen molar-refractivity contribution in [3.8, 4) is 0 Å². The minimum atomic E-state index is -1.18. The minimum Gasteiger partial charge on any atom is -0.481 e. The van der Waals surface area contributed by atoms with Crippen LogP contribution in [0.3, 0.4) is 0 Å². The number of hydrogen-bond acceptors (Lipinski definition) is 5. The summed E-state index contributed by atoms with van der Waals surface area (Å²) in [5.74, 6) is -1.10. The first kappa shape index (κ1) is 24.5. The molecule has 3 N–H and O–H groups in total. The number of piperidine rings is 1. The van der Waals surface area contributed by atoms with Crippen LogP contribution in [-0.2, 0) is 16.8 Å². The Balaban J connectivity index is 1.91. The predicted octanol–water partition coefficient (Wildman–Crippen LogP) is 4.31. The predicted molar refractivity (Wildman–Crippen MR) is 121 cm³/mol. The SMILES string of the molecule is Cc1cc(CC2(C(=O)O)CCN(C(=O)O)C(C)C2)nc(Nc2cc(C)n(C(C)(C)C)n2)c1F. The average molecular weight is 462 g/mol. The molecular weight excluding hydrogens is 429 g/mol. The third-order valence-electron chi connectivity index (χ3n) is 6.23. The summed E-state index contributed by atoms with van der Waals surface area (Å²) < 4.78 is 16.7. The summed E-state index contributed by atoms with van der Waals surface area (Å²) in [5.41, 5.74) is 0.253. The van der Waals surface area contributed by atoms with Crippen LogP contribution in [0.1, 0.15) is 57.5 Å². The summed E-state index contributed by atoms with van der Waals surface area (Å²) >= 11 is 0. The summed E-state index contributed by atoms with van der Waals surface area (Å²) in [6.45, 7) is 11.4. The Labute approximate surface area is 192 Å². The summed E-state index contributed by atoms with van der Waals surface area (Å²) in [6, 6.07) is 2.91. The molecule has 1 fully saturated rings. The number of pyridine rings is 1. The van der Waals surface area contributed by atoms with Gasteiger partial charge in [0.05, 0.1) is 11.0 Å². The number of anilines is 2. The zero-order valence-electron chi connectivity index (χ0n) is 19.9. The molecule has 0 radical (unpaired) electrons. The molecule has 10 heteroatoms. The Bertz CT molecular complexity index is 1080. The zero-order valence-corrected chi connectivity index (χ0v) is 19.9. The number of carboxylic acid groups (broad SMARTS) is 2. The second kappa shape index (κ2) is 8.64. The van der Waals surface area contributed by atoms with Crippen LogP contribution >= 0.6 is 0 Å². The van der Waals surface area contributed by atoms with Gasteiger partial charge in [0.1, 0.15) is 0 Å². The van der Waals surface area contributed by atoms with E-state index in [-0.39, 0.29) is 37.2 Å². The molecule has 2 unspecified atom stereocenters. The van der Waals surface area contributed by atoms with E-state index in [0.717, 1.165) is 5.69 Å². The fraction of sp³-hybridized carbons (Fsp3) is 0.565. The van der Waals surface area contributed by atoms with E-state index >= 15 is 0 Å². The number of aryl methyl sites for hydroxylation is 2. The van der Waals surface area contributed by atoms with Gasteiger partial charge in [-0.05, 0) is 66.0 Å². The third kappa shape index (κ3) is 4.94. The largest absolute Gasteiger partial charge is 0.481 e. The molecule has 9 nitrogen and oxygen atoms in total. The molecular formula is C23H32FN5O4. The van der Waals surface area contributed by atoms with Gasteiger partial charge in [-0.2, -0.15) is 5.10 Å². The number of nitrogens with one attached hydrogen (secondary N) is 1. The number of halogens is 1. The Morgan fingerprint density at radius 2 is 1.94 bits per heavy atom. The number of aromatic nitrogens is 3. The van der Waals surface area contributed by atoms with Gasteiger partial charge in [0.15, 0.2) is 17.5 Å². The first-order chi connectivity index (χ1) is 15.2. The molecule has 0 bridgehead atoms. The lowest BCUT2D eigenvalue weighted by molar-refractivity contribution is -0.153. The van der Waals surface area contributed by atoms with Crippen molar-refractivity contribution in [2.24, 2.45) is 5.41 Å². The molecule has 1 saturated heterocycles. The Morgan fingerprint density at radius 1 is 1.27 bits per heavy atom. The van der Waals surface area contributed by atoms with Gasteiger partial charge >= 0.3 is 12.1 Å². The van der Waals surface area contributed by atoms with Gasteiger partial charge in [0.25, 0.3) is 0 Å². The molecule has 2 atom stereocenters. The van der Waals surface area contributed by atoms with Crippen LogP contribution in [0.4, 0.5) is 20.8 Å². The van der Waals surface area contributed by atoms with Crippen molar-refractivity contribution in [1.29, 1.82) is 0 Å². The van der Waals surface area contributed by atoms with E-state index in [2.05, 4.69) is 15.4 Å². The molecule has 3 heterocycles. The van der Waals surface area contributed by atoms with Gasteiger partial charge in [-0.25, -0.2) is 14.2 Å². The second-order valence-corrected chi connectivity index (χ2v) is 10.0. The van der Waals surface area contributed by atoms with Crippen molar-refractivity contribution in [2.45, 2.75) is 72.4 Å². The molecule has 2 aromatic rings. The normalized spacial score (nSPS) is 21.2. The van der Waals surface area contributed by atoms with Gasteiger partial charge in [-0.15, -0.1) is 0 Å². The summed E-state index contributed by atoms with van der Waals surface area (Å²) in [6.07, 6.45) is -0.667. The quantitative estimate of drug-likeness (QED) is 0.607. The van der Waals surface area contributed by atoms with E-state index in [1.807, 2.05) is 32.4 Å². The topological polar surface area (TPSA) is 121 Å². The van der Waals surface area contributed by atoms with Crippen molar-refractivity contribution in [3.05, 3.63) is 34.9 Å². The molecule has 0 aliphatic carbocycles. The summed E-state index contributed by atoms with van der Waals surface area (Å²) in [7, 11) is 0. The maximum atomic E-state index is 14.9. The molecule has 180 valence electrons. The number of carboxylic acids is 1. The van der Waals surface area contributed by atoms with Crippen LogP contribution in [0.2, 0.25) is 0 Å². The van der Waals surface area contributed by atoms with Gasteiger partial charge < -0.3 is 20.4 Å². The number of hydrogen-bond donors (Lipinski definition) is 3. The molecule has 2 aromatic heterocycles. The van der Waals surface area contributed by atoms with E-state index < -0.39 is 29.3 Å². The van der Waals surface area contributed by atoms with Crippen LogP contribution < -0.4 is 5.32 Å². The Hall–Kier alpha value is -3.17. The maximum Gasteiger partial charge on any atom is 0.407 e. The summed E-state index contributed by atoms with van der Waals surface area (Å²) in [4.78, 5) is 29.3. The van der Waals surface area contributed by atoms with Crippen molar-refractivity contribution >= 4 is 23.7 Å². The van der Waals surface area contributed by atoms with Crippen LogP contribution in [0.15, 0.2) is 12.1 Å². The molecule has 3 rings (SSSR count). The lowest BCUT2D eigenvalue weighted by Crippen LogP contribution is -2.51. The number of likely N-dealkylation sites (tertiary alicyclic amines) is 1. The average Bonchev–Trinajstić information content (AvgIpc) is 3.06. The first-order valence-electron chi connectivity index (χ1n) is 11.0. The Morgan fingerprint density at radius 3 is 2.45 bits per heavy atom. The number of nitrogens with zero attached hydrogens (tertiary/aromatic N) is 4. The molecule has 1 aliphatic rings. The minimum absolute atomic E-state index is 0.0138. The monoisotopic (exact) mass is 461 g/mol. The van der Waals surface area contributed by atoms with Crippen molar-refractivity contribution in [2.75, 3.05) is 11.9 Å². The lowest BCUT2D eigenvalue weighted by atomic mass is 9.72. The smallest absolute Gasteiger partial charge is 0.407 e. The van der Waals surface area contributed by atoms with E-state index in [4.69, 9.17) is 0 Å². The second-order valence-electron chi connectivity index (χ2n) is 10.0. The van der Waals surface area contributed by atoms with Crippen molar-refractivity contribution in [1.82, 2.24) is 19.7 Å². The zero-order chi connectivity index (χ0) is 24.7. The number of carbonyl (C=O) groups is 2. The number of aliphatic carboxylic acids is 1. The van der Waals surface area contributed by atoms with Gasteiger partial charge in [0.2, 0.25) is 0 Å². The highest BCUT2D eigenvalue weighted by Gasteiger charge is 2.46. The molecule has 0 saturated carbocycles. The Kier molecular flexibility index (Phi) is 6.41.